The second-order valence-corrected chi connectivity index (χ2v) is 7.04. The number of hydrogen-bond acceptors (Lipinski definition) is 4. The molecule has 6 heteroatoms. The van der Waals surface area contributed by atoms with Gasteiger partial charge in [-0.25, -0.2) is 0 Å². The molecule has 0 bridgehead atoms. The Bertz CT molecular complexity index is 456. The van der Waals surface area contributed by atoms with Crippen molar-refractivity contribution in [2.45, 2.75) is 25.3 Å². The van der Waals surface area contributed by atoms with Gasteiger partial charge in [0.2, 0.25) is 5.91 Å². The Kier molecular flexibility index (Phi) is 11.2. The molecular weight excluding hydrogens is 344 g/mol. The minimum atomic E-state index is 0. The standard InChI is InChI=1S/C18H28N2O2S.ClH/c1-22-12-11-20(10-5-8-16-6-3-2-4-7-16)18(21)14-17-15-23-13-9-19-17;/h2-4,6-7,17,19H,5,8-15H2,1H3;1H. The van der Waals surface area contributed by atoms with Crippen LogP contribution in [0.15, 0.2) is 30.3 Å². The Morgan fingerprint density at radius 3 is 2.79 bits per heavy atom. The predicted molar refractivity (Wildman–Crippen MR) is 104 cm³/mol. The number of nitrogens with one attached hydrogen (secondary N) is 1. The Balaban J connectivity index is 0.00000288. The average molecular weight is 373 g/mol. The molecule has 24 heavy (non-hydrogen) atoms. The Morgan fingerprint density at radius 1 is 1.33 bits per heavy atom. The molecule has 0 radical (unpaired) electrons. The van der Waals surface area contributed by atoms with E-state index in [1.807, 2.05) is 22.7 Å². The predicted octanol–water partition coefficient (Wildman–Crippen LogP) is 2.61. The van der Waals surface area contributed by atoms with Crippen molar-refractivity contribution in [3.05, 3.63) is 35.9 Å². The number of carbonyl (C=O) groups is 1. The van der Waals surface area contributed by atoms with Crippen LogP contribution in [0.4, 0.5) is 0 Å². The number of methoxy groups -OCH3 is 1. The monoisotopic (exact) mass is 372 g/mol. The molecule has 1 atom stereocenters. The molecule has 1 N–H and O–H groups in total. The lowest BCUT2D eigenvalue weighted by atomic mass is 10.1. The molecule has 136 valence electrons. The van der Waals surface area contributed by atoms with Crippen molar-refractivity contribution in [2.75, 3.05) is 44.9 Å². The van der Waals surface area contributed by atoms with E-state index < -0.39 is 0 Å². The van der Waals surface area contributed by atoms with Gasteiger partial charge in [0.25, 0.3) is 0 Å². The van der Waals surface area contributed by atoms with E-state index in [1.165, 1.54) is 5.56 Å². The number of benzene rings is 1. The molecule has 1 amide bonds. The summed E-state index contributed by atoms with van der Waals surface area (Å²) in [5.41, 5.74) is 1.33. The number of rotatable bonds is 9. The Labute approximate surface area is 156 Å². The topological polar surface area (TPSA) is 41.6 Å². The van der Waals surface area contributed by atoms with Crippen LogP contribution in [0.25, 0.3) is 0 Å². The highest BCUT2D eigenvalue weighted by Crippen LogP contribution is 2.12. The van der Waals surface area contributed by atoms with Crippen LogP contribution in [0.3, 0.4) is 0 Å². The summed E-state index contributed by atoms with van der Waals surface area (Å²) in [6.45, 7) is 3.10. The van der Waals surface area contributed by atoms with Gasteiger partial charge in [-0.2, -0.15) is 11.8 Å². The lowest BCUT2D eigenvalue weighted by Crippen LogP contribution is -2.43. The molecule has 2 rings (SSSR count). The van der Waals surface area contributed by atoms with E-state index in [9.17, 15) is 4.79 Å². The smallest absolute Gasteiger partial charge is 0.224 e. The highest BCUT2D eigenvalue weighted by molar-refractivity contribution is 7.99. The van der Waals surface area contributed by atoms with E-state index in [2.05, 4.69) is 29.6 Å². The lowest BCUT2D eigenvalue weighted by Gasteiger charge is -2.27. The van der Waals surface area contributed by atoms with Crippen molar-refractivity contribution < 1.29 is 9.53 Å². The second kappa shape index (κ2) is 12.6. The van der Waals surface area contributed by atoms with Crippen LogP contribution < -0.4 is 5.32 Å². The first-order valence-corrected chi connectivity index (χ1v) is 9.57. The van der Waals surface area contributed by atoms with Crippen molar-refractivity contribution in [2.24, 2.45) is 0 Å². The van der Waals surface area contributed by atoms with Gasteiger partial charge in [-0.3, -0.25) is 4.79 Å². The summed E-state index contributed by atoms with van der Waals surface area (Å²) in [5.74, 6) is 2.43. The van der Waals surface area contributed by atoms with Crippen LogP contribution in [0.2, 0.25) is 0 Å². The number of aryl methyl sites for hydroxylation is 1. The largest absolute Gasteiger partial charge is 0.383 e. The fourth-order valence-corrected chi connectivity index (χ4v) is 3.72. The number of thioether (sulfide) groups is 1. The van der Waals surface area contributed by atoms with Crippen LogP contribution in [-0.4, -0.2) is 61.7 Å². The first-order valence-electron chi connectivity index (χ1n) is 8.41. The van der Waals surface area contributed by atoms with E-state index in [1.54, 1.807) is 7.11 Å². The third-order valence-corrected chi connectivity index (χ3v) is 5.20. The zero-order valence-corrected chi connectivity index (χ0v) is 16.0. The Morgan fingerprint density at radius 2 is 2.12 bits per heavy atom. The van der Waals surface area contributed by atoms with E-state index in [-0.39, 0.29) is 18.3 Å². The van der Waals surface area contributed by atoms with Gasteiger partial charge in [-0.15, -0.1) is 12.4 Å². The maximum Gasteiger partial charge on any atom is 0.224 e. The summed E-state index contributed by atoms with van der Waals surface area (Å²) in [4.78, 5) is 14.5. The number of halogens is 1. The first kappa shape index (κ1) is 21.3. The molecule has 1 fully saturated rings. The molecule has 1 heterocycles. The summed E-state index contributed by atoms with van der Waals surface area (Å²) in [6.07, 6.45) is 2.60. The lowest BCUT2D eigenvalue weighted by molar-refractivity contribution is -0.132. The van der Waals surface area contributed by atoms with Crippen molar-refractivity contribution in [3.63, 3.8) is 0 Å². The third kappa shape index (κ3) is 7.88. The highest BCUT2D eigenvalue weighted by Gasteiger charge is 2.20. The number of ether oxygens (including phenoxy) is 1. The van der Waals surface area contributed by atoms with Crippen LogP contribution in [0.1, 0.15) is 18.4 Å². The zero-order chi connectivity index (χ0) is 16.3. The van der Waals surface area contributed by atoms with Gasteiger partial charge in [0.05, 0.1) is 6.61 Å². The number of amides is 1. The zero-order valence-electron chi connectivity index (χ0n) is 14.4. The molecule has 4 nitrogen and oxygen atoms in total. The minimum Gasteiger partial charge on any atom is -0.383 e. The van der Waals surface area contributed by atoms with Gasteiger partial charge in [-0.05, 0) is 18.4 Å². The quantitative estimate of drug-likeness (QED) is 0.723. The second-order valence-electron chi connectivity index (χ2n) is 5.89. The molecule has 1 aliphatic rings. The maximum absolute atomic E-state index is 12.6. The Hall–Kier alpha value is -0.750. The fraction of sp³-hybridized carbons (Fsp3) is 0.611. The van der Waals surface area contributed by atoms with Crippen molar-refractivity contribution >= 4 is 30.1 Å². The number of hydrogen-bond donors (Lipinski definition) is 1. The molecule has 0 saturated carbocycles. The molecule has 1 aliphatic heterocycles. The van der Waals surface area contributed by atoms with Crippen molar-refractivity contribution in [1.82, 2.24) is 10.2 Å². The summed E-state index contributed by atoms with van der Waals surface area (Å²) >= 11 is 1.93. The average Bonchev–Trinajstić information content (AvgIpc) is 2.59. The molecular formula is C18H29ClN2O2S. The minimum absolute atomic E-state index is 0. The van der Waals surface area contributed by atoms with Gasteiger partial charge in [0, 0.05) is 50.7 Å². The molecule has 1 aromatic rings. The van der Waals surface area contributed by atoms with Gasteiger partial charge in [-0.1, -0.05) is 30.3 Å². The van der Waals surface area contributed by atoms with Crippen LogP contribution >= 0.6 is 24.2 Å². The van der Waals surface area contributed by atoms with Crippen LogP contribution in [0, 0.1) is 0 Å². The van der Waals surface area contributed by atoms with Crippen LogP contribution in [0.5, 0.6) is 0 Å². The van der Waals surface area contributed by atoms with Crippen molar-refractivity contribution in [1.29, 1.82) is 0 Å². The molecule has 0 spiro atoms. The van der Waals surface area contributed by atoms with E-state index in [4.69, 9.17) is 4.74 Å². The van der Waals surface area contributed by atoms with Gasteiger partial charge in [0.15, 0.2) is 0 Å². The number of nitrogens with zero attached hydrogens (tertiary/aromatic N) is 1. The highest BCUT2D eigenvalue weighted by atomic mass is 35.5. The summed E-state index contributed by atoms with van der Waals surface area (Å²) in [7, 11) is 1.69. The summed E-state index contributed by atoms with van der Waals surface area (Å²) < 4.78 is 5.16. The van der Waals surface area contributed by atoms with E-state index in [0.29, 0.717) is 25.6 Å². The first-order chi connectivity index (χ1) is 11.3. The fourth-order valence-electron chi connectivity index (χ4n) is 2.77. The van der Waals surface area contributed by atoms with Gasteiger partial charge < -0.3 is 15.0 Å². The summed E-state index contributed by atoms with van der Waals surface area (Å²) in [6, 6.07) is 10.8. The molecule has 1 aromatic carbocycles. The molecule has 1 unspecified atom stereocenters. The number of carbonyl (C=O) groups excluding carboxylic acids is 1. The molecule has 0 aromatic heterocycles. The van der Waals surface area contributed by atoms with Crippen molar-refractivity contribution in [3.8, 4) is 0 Å². The van der Waals surface area contributed by atoms with Gasteiger partial charge >= 0.3 is 0 Å². The van der Waals surface area contributed by atoms with Gasteiger partial charge in [0.1, 0.15) is 0 Å². The SMILES string of the molecule is COCCN(CCCc1ccccc1)C(=O)CC1CSCCN1.Cl. The molecule has 0 aliphatic carbocycles. The normalized spacial score (nSPS) is 17.1. The third-order valence-electron chi connectivity index (χ3n) is 4.07. The van der Waals surface area contributed by atoms with E-state index >= 15 is 0 Å². The molecule has 1 saturated heterocycles. The van der Waals surface area contributed by atoms with E-state index in [0.717, 1.165) is 37.4 Å². The maximum atomic E-state index is 12.6. The summed E-state index contributed by atoms with van der Waals surface area (Å²) in [5, 5.41) is 3.44. The van der Waals surface area contributed by atoms with Crippen LogP contribution in [-0.2, 0) is 16.0 Å².